The summed E-state index contributed by atoms with van der Waals surface area (Å²) in [6.07, 6.45) is 0. The minimum absolute atomic E-state index is 0.213. The molecule has 0 bridgehead atoms. The zero-order valence-electron chi connectivity index (χ0n) is 12.1. The predicted molar refractivity (Wildman–Crippen MR) is 80.5 cm³/mol. The lowest BCUT2D eigenvalue weighted by Crippen LogP contribution is -2.39. The lowest BCUT2D eigenvalue weighted by molar-refractivity contribution is 0.127. The van der Waals surface area contributed by atoms with Crippen molar-refractivity contribution in [2.45, 2.75) is 6.92 Å². The summed E-state index contributed by atoms with van der Waals surface area (Å²) in [6.45, 7) is 3.83. The first-order chi connectivity index (χ1) is 9.60. The first-order valence-electron chi connectivity index (χ1n) is 6.39. The van der Waals surface area contributed by atoms with Gasteiger partial charge in [0.2, 0.25) is 0 Å². The molecule has 1 aromatic rings. The van der Waals surface area contributed by atoms with Crippen molar-refractivity contribution in [3.8, 4) is 0 Å². The van der Waals surface area contributed by atoms with E-state index in [0.29, 0.717) is 37.0 Å². The first kappa shape index (κ1) is 16.8. The summed E-state index contributed by atoms with van der Waals surface area (Å²) in [7, 11) is 3.20. The Hall–Kier alpha value is -1.30. The summed E-state index contributed by atoms with van der Waals surface area (Å²) >= 11 is 6.10. The Morgan fingerprint density at radius 2 is 1.85 bits per heavy atom. The van der Waals surface area contributed by atoms with Crippen molar-refractivity contribution < 1.29 is 14.3 Å². The molecule has 0 spiro atoms. The minimum atomic E-state index is -0.213. The summed E-state index contributed by atoms with van der Waals surface area (Å²) < 4.78 is 10.0. The number of aryl methyl sites for hydroxylation is 1. The smallest absolute Gasteiger partial charge is 0.322 e. The molecule has 1 aromatic carbocycles. The highest BCUT2D eigenvalue weighted by molar-refractivity contribution is 6.33. The molecule has 0 heterocycles. The fourth-order valence-corrected chi connectivity index (χ4v) is 1.96. The van der Waals surface area contributed by atoms with Gasteiger partial charge in [0.15, 0.2) is 0 Å². The highest BCUT2D eigenvalue weighted by atomic mass is 35.5. The van der Waals surface area contributed by atoms with Crippen LogP contribution in [0.4, 0.5) is 10.5 Å². The molecule has 0 saturated heterocycles. The third-order valence-corrected chi connectivity index (χ3v) is 3.19. The molecule has 0 fully saturated rings. The van der Waals surface area contributed by atoms with E-state index in [-0.39, 0.29) is 6.03 Å². The average Bonchev–Trinajstić information content (AvgIpc) is 2.43. The van der Waals surface area contributed by atoms with Gasteiger partial charge in [-0.2, -0.15) is 0 Å². The number of rotatable bonds is 7. The molecule has 20 heavy (non-hydrogen) atoms. The van der Waals surface area contributed by atoms with Crippen LogP contribution in [0, 0.1) is 6.92 Å². The standard InChI is InChI=1S/C14H21ClN2O3/c1-11-5-4-6-12(15)13(11)16-14(18)17(7-9-19-2)8-10-20-3/h4-6H,7-10H2,1-3H3,(H,16,18). The number of ether oxygens (including phenoxy) is 2. The number of urea groups is 1. The first-order valence-corrected chi connectivity index (χ1v) is 6.76. The van der Waals surface area contributed by atoms with Crippen molar-refractivity contribution >= 4 is 23.3 Å². The molecule has 0 atom stereocenters. The number of anilines is 1. The highest BCUT2D eigenvalue weighted by Gasteiger charge is 2.15. The number of benzene rings is 1. The Balaban J connectivity index is 2.73. The average molecular weight is 301 g/mol. The molecule has 2 amide bonds. The second-order valence-corrected chi connectivity index (χ2v) is 4.74. The van der Waals surface area contributed by atoms with E-state index in [1.165, 1.54) is 0 Å². The van der Waals surface area contributed by atoms with Crippen LogP contribution in [-0.4, -0.2) is 51.5 Å². The molecule has 112 valence electrons. The number of carbonyl (C=O) groups is 1. The van der Waals surface area contributed by atoms with E-state index in [1.807, 2.05) is 19.1 Å². The number of halogens is 1. The molecule has 5 nitrogen and oxygen atoms in total. The van der Waals surface area contributed by atoms with Gasteiger partial charge in [0.05, 0.1) is 23.9 Å². The van der Waals surface area contributed by atoms with Gasteiger partial charge >= 0.3 is 6.03 Å². The number of amides is 2. The molecular formula is C14H21ClN2O3. The van der Waals surface area contributed by atoms with Crippen LogP contribution in [-0.2, 0) is 9.47 Å². The maximum Gasteiger partial charge on any atom is 0.322 e. The summed E-state index contributed by atoms with van der Waals surface area (Å²) in [5, 5.41) is 3.37. The molecule has 0 aliphatic heterocycles. The normalized spacial score (nSPS) is 10.4. The van der Waals surface area contributed by atoms with Gasteiger partial charge in [-0.3, -0.25) is 0 Å². The maximum atomic E-state index is 12.3. The Kier molecular flexibility index (Phi) is 7.36. The van der Waals surface area contributed by atoms with E-state index >= 15 is 0 Å². The summed E-state index contributed by atoms with van der Waals surface area (Å²) in [5.74, 6) is 0. The largest absolute Gasteiger partial charge is 0.383 e. The van der Waals surface area contributed by atoms with Crippen molar-refractivity contribution in [2.24, 2.45) is 0 Å². The number of nitrogens with one attached hydrogen (secondary N) is 1. The van der Waals surface area contributed by atoms with E-state index in [0.717, 1.165) is 5.56 Å². The molecule has 6 heteroatoms. The quantitative estimate of drug-likeness (QED) is 0.842. The van der Waals surface area contributed by atoms with Crippen molar-refractivity contribution in [1.82, 2.24) is 4.90 Å². The SMILES string of the molecule is COCCN(CCOC)C(=O)Nc1c(C)cccc1Cl. The van der Waals surface area contributed by atoms with Gasteiger partial charge in [0.1, 0.15) is 0 Å². The van der Waals surface area contributed by atoms with Crippen molar-refractivity contribution in [3.05, 3.63) is 28.8 Å². The van der Waals surface area contributed by atoms with Crippen molar-refractivity contribution in [1.29, 1.82) is 0 Å². The lowest BCUT2D eigenvalue weighted by Gasteiger charge is -2.23. The van der Waals surface area contributed by atoms with E-state index < -0.39 is 0 Å². The van der Waals surface area contributed by atoms with Gasteiger partial charge in [-0.1, -0.05) is 23.7 Å². The number of hydrogen-bond donors (Lipinski definition) is 1. The Morgan fingerprint density at radius 3 is 2.35 bits per heavy atom. The second kappa shape index (κ2) is 8.79. The predicted octanol–water partition coefficient (Wildman–Crippen LogP) is 2.78. The van der Waals surface area contributed by atoms with Crippen LogP contribution < -0.4 is 5.32 Å². The fraction of sp³-hybridized carbons (Fsp3) is 0.500. The van der Waals surface area contributed by atoms with Gasteiger partial charge in [-0.15, -0.1) is 0 Å². The van der Waals surface area contributed by atoms with Crippen molar-refractivity contribution in [2.75, 3.05) is 45.8 Å². The number of hydrogen-bond acceptors (Lipinski definition) is 3. The Labute approximate surface area is 124 Å². The Morgan fingerprint density at radius 1 is 1.25 bits per heavy atom. The van der Waals surface area contributed by atoms with Gasteiger partial charge in [0.25, 0.3) is 0 Å². The maximum absolute atomic E-state index is 12.3. The number of nitrogens with zero attached hydrogens (tertiary/aromatic N) is 1. The van der Waals surface area contributed by atoms with Crippen LogP contribution in [0.3, 0.4) is 0 Å². The van der Waals surface area contributed by atoms with Crippen LogP contribution in [0.15, 0.2) is 18.2 Å². The van der Waals surface area contributed by atoms with E-state index in [4.69, 9.17) is 21.1 Å². The number of para-hydroxylation sites is 1. The third-order valence-electron chi connectivity index (χ3n) is 2.87. The highest BCUT2D eigenvalue weighted by Crippen LogP contribution is 2.25. The number of carbonyl (C=O) groups excluding carboxylic acids is 1. The molecule has 0 unspecified atom stereocenters. The van der Waals surface area contributed by atoms with Crippen LogP contribution in [0.2, 0.25) is 5.02 Å². The molecule has 0 radical (unpaired) electrons. The minimum Gasteiger partial charge on any atom is -0.383 e. The van der Waals surface area contributed by atoms with E-state index in [2.05, 4.69) is 5.32 Å². The summed E-state index contributed by atoms with van der Waals surface area (Å²) in [5.41, 5.74) is 1.56. The zero-order chi connectivity index (χ0) is 15.0. The molecular weight excluding hydrogens is 280 g/mol. The van der Waals surface area contributed by atoms with Gasteiger partial charge in [-0.25, -0.2) is 4.79 Å². The van der Waals surface area contributed by atoms with E-state index in [1.54, 1.807) is 25.2 Å². The lowest BCUT2D eigenvalue weighted by atomic mass is 10.2. The van der Waals surface area contributed by atoms with Gasteiger partial charge in [-0.05, 0) is 18.6 Å². The molecule has 0 aromatic heterocycles. The topological polar surface area (TPSA) is 50.8 Å². The monoisotopic (exact) mass is 300 g/mol. The number of methoxy groups -OCH3 is 2. The van der Waals surface area contributed by atoms with Crippen LogP contribution in [0.5, 0.6) is 0 Å². The summed E-state index contributed by atoms with van der Waals surface area (Å²) in [4.78, 5) is 13.9. The second-order valence-electron chi connectivity index (χ2n) is 4.33. The molecule has 0 aliphatic rings. The van der Waals surface area contributed by atoms with Crippen LogP contribution >= 0.6 is 11.6 Å². The Bertz CT molecular complexity index is 412. The van der Waals surface area contributed by atoms with Crippen molar-refractivity contribution in [3.63, 3.8) is 0 Å². The molecule has 1 rings (SSSR count). The zero-order valence-corrected chi connectivity index (χ0v) is 12.9. The fourth-order valence-electron chi connectivity index (χ4n) is 1.69. The van der Waals surface area contributed by atoms with Gasteiger partial charge in [0, 0.05) is 27.3 Å². The molecule has 0 aliphatic carbocycles. The van der Waals surface area contributed by atoms with Gasteiger partial charge < -0.3 is 19.7 Å². The van der Waals surface area contributed by atoms with Crippen LogP contribution in [0.1, 0.15) is 5.56 Å². The molecule has 1 N–H and O–H groups in total. The third kappa shape index (κ3) is 5.00. The summed E-state index contributed by atoms with van der Waals surface area (Å²) in [6, 6.07) is 5.28. The van der Waals surface area contributed by atoms with Crippen LogP contribution in [0.25, 0.3) is 0 Å². The molecule has 0 saturated carbocycles. The van der Waals surface area contributed by atoms with E-state index in [9.17, 15) is 4.79 Å².